The fraction of sp³-hybridized carbons (Fsp3) is 0.857. The largest absolute Gasteiger partial charge is 0.324 e. The first kappa shape index (κ1) is 9.85. The van der Waals surface area contributed by atoms with Crippen molar-refractivity contribution < 1.29 is 4.79 Å². The van der Waals surface area contributed by atoms with Crippen LogP contribution in [0.3, 0.4) is 0 Å². The van der Waals surface area contributed by atoms with Crippen LogP contribution in [-0.2, 0) is 4.79 Å². The van der Waals surface area contributed by atoms with Crippen molar-refractivity contribution >= 4 is 13.9 Å². The van der Waals surface area contributed by atoms with Crippen LogP contribution in [0.5, 0.6) is 0 Å². The second-order valence-electron chi connectivity index (χ2n) is 3.80. The molecule has 0 fully saturated rings. The van der Waals surface area contributed by atoms with E-state index in [1.807, 2.05) is 0 Å². The number of hydrogen-bond donors (Lipinski definition) is 1. The molecule has 0 amide bonds. The Kier molecular flexibility index (Phi) is 3.82. The minimum atomic E-state index is -1.01. The summed E-state index contributed by atoms with van der Waals surface area (Å²) in [6, 6.07) is 1.07. The molecule has 0 aromatic carbocycles. The molecule has 0 saturated carbocycles. The predicted octanol–water partition coefficient (Wildman–Crippen LogP) is 1.24. The van der Waals surface area contributed by atoms with Crippen molar-refractivity contribution in [3.05, 3.63) is 0 Å². The second-order valence-corrected chi connectivity index (χ2v) is 9.42. The van der Waals surface area contributed by atoms with Gasteiger partial charge in [-0.05, 0) is 0 Å². The Balaban J connectivity index is 3.46. The maximum absolute atomic E-state index is 10.8. The minimum Gasteiger partial charge on any atom is -0.324 e. The van der Waals surface area contributed by atoms with Crippen LogP contribution >= 0.6 is 0 Å². The lowest BCUT2D eigenvalue weighted by atomic mass is 10.3. The summed E-state index contributed by atoms with van der Waals surface area (Å²) in [6.45, 7) is 6.99. The predicted molar refractivity (Wildman–Crippen MR) is 46.8 cm³/mol. The molecule has 0 radical (unpaired) electrons. The molecule has 0 aliphatic rings. The number of nitrogens with two attached hydrogens (primary N) is 1. The highest BCUT2D eigenvalue weighted by molar-refractivity contribution is 6.76. The molecule has 0 aliphatic heterocycles. The highest BCUT2D eigenvalue weighted by Crippen LogP contribution is 2.10. The van der Waals surface area contributed by atoms with Crippen molar-refractivity contribution in [2.24, 2.45) is 5.73 Å². The summed E-state index contributed by atoms with van der Waals surface area (Å²) in [5, 5.41) is 0. The van der Waals surface area contributed by atoms with Crippen molar-refractivity contribution in [1.29, 1.82) is 0 Å². The van der Waals surface area contributed by atoms with E-state index in [9.17, 15) is 4.79 Å². The average Bonchev–Trinajstić information content (AvgIpc) is 1.81. The number of Topliss-reactive ketones (excluding diaryl/α,β-unsaturated/α-hetero) is 1. The third-order valence-corrected chi connectivity index (χ3v) is 3.13. The summed E-state index contributed by atoms with van der Waals surface area (Å²) >= 11 is 0. The Morgan fingerprint density at radius 3 is 2.20 bits per heavy atom. The second kappa shape index (κ2) is 3.88. The van der Waals surface area contributed by atoms with E-state index in [0.717, 1.165) is 6.04 Å². The van der Waals surface area contributed by atoms with E-state index in [4.69, 9.17) is 5.73 Å². The monoisotopic (exact) mass is 159 g/mol. The van der Waals surface area contributed by atoms with Crippen molar-refractivity contribution in [2.45, 2.75) is 32.1 Å². The Bertz CT molecular complexity index is 117. The summed E-state index contributed by atoms with van der Waals surface area (Å²) in [5.74, 6) is 0.197. The van der Waals surface area contributed by atoms with Gasteiger partial charge in [0.05, 0.1) is 6.54 Å². The smallest absolute Gasteiger partial charge is 0.146 e. The molecular formula is C7H17NOSi. The molecule has 2 N–H and O–H groups in total. The van der Waals surface area contributed by atoms with Gasteiger partial charge >= 0.3 is 0 Å². The van der Waals surface area contributed by atoms with Gasteiger partial charge in [-0.1, -0.05) is 25.7 Å². The third-order valence-electron chi connectivity index (χ3n) is 1.38. The lowest BCUT2D eigenvalue weighted by molar-refractivity contribution is -0.117. The molecule has 0 unspecified atom stereocenters. The zero-order chi connectivity index (χ0) is 8.20. The minimum absolute atomic E-state index is 0.197. The Morgan fingerprint density at radius 2 is 1.90 bits per heavy atom. The summed E-state index contributed by atoms with van der Waals surface area (Å²) in [5.41, 5.74) is 5.17. The van der Waals surface area contributed by atoms with Gasteiger partial charge in [0, 0.05) is 14.5 Å². The van der Waals surface area contributed by atoms with Crippen molar-refractivity contribution in [3.8, 4) is 0 Å². The van der Waals surface area contributed by atoms with Crippen LogP contribution in [0.15, 0.2) is 0 Å². The molecule has 60 valence electrons. The molecule has 0 aromatic heterocycles. The summed E-state index contributed by atoms with van der Waals surface area (Å²) in [4.78, 5) is 10.8. The van der Waals surface area contributed by atoms with Crippen molar-refractivity contribution in [1.82, 2.24) is 0 Å². The Hall–Kier alpha value is -0.153. The standard InChI is InChI=1S/C7H17NOSi/c1-10(2,3)5-4-7(9)6-8/h4-6,8H2,1-3H3. The zero-order valence-electron chi connectivity index (χ0n) is 7.11. The fourth-order valence-electron chi connectivity index (χ4n) is 0.616. The van der Waals surface area contributed by atoms with Crippen LogP contribution in [0.1, 0.15) is 6.42 Å². The van der Waals surface area contributed by atoms with Crippen LogP contribution in [0.2, 0.25) is 25.7 Å². The molecule has 0 rings (SSSR count). The first-order valence-electron chi connectivity index (χ1n) is 3.67. The average molecular weight is 159 g/mol. The molecule has 10 heavy (non-hydrogen) atoms. The highest BCUT2D eigenvalue weighted by atomic mass is 28.3. The van der Waals surface area contributed by atoms with Gasteiger partial charge in [-0.2, -0.15) is 0 Å². The van der Waals surface area contributed by atoms with E-state index in [-0.39, 0.29) is 12.3 Å². The lowest BCUT2D eigenvalue weighted by Crippen LogP contribution is -2.23. The molecular weight excluding hydrogens is 142 g/mol. The van der Waals surface area contributed by atoms with Crippen molar-refractivity contribution in [3.63, 3.8) is 0 Å². The van der Waals surface area contributed by atoms with Crippen LogP contribution in [0.25, 0.3) is 0 Å². The quantitative estimate of drug-likeness (QED) is 0.627. The van der Waals surface area contributed by atoms with Gasteiger partial charge in [0.25, 0.3) is 0 Å². The summed E-state index contributed by atoms with van der Waals surface area (Å²) in [6.07, 6.45) is 0.687. The number of carbonyl (C=O) groups excluding carboxylic acids is 1. The molecule has 2 nitrogen and oxygen atoms in total. The maximum atomic E-state index is 10.8. The maximum Gasteiger partial charge on any atom is 0.146 e. The number of ketones is 1. The molecule has 0 saturated heterocycles. The van der Waals surface area contributed by atoms with Crippen molar-refractivity contribution in [2.75, 3.05) is 6.54 Å². The number of hydrogen-bond acceptors (Lipinski definition) is 2. The highest BCUT2D eigenvalue weighted by Gasteiger charge is 2.13. The molecule has 0 atom stereocenters. The van der Waals surface area contributed by atoms with Gasteiger partial charge in [0.1, 0.15) is 5.78 Å². The van der Waals surface area contributed by atoms with Crippen LogP contribution in [0, 0.1) is 0 Å². The molecule has 0 spiro atoms. The molecule has 3 heteroatoms. The van der Waals surface area contributed by atoms with Gasteiger partial charge in [-0.25, -0.2) is 0 Å². The Labute approximate surface area is 63.8 Å². The SMILES string of the molecule is C[Si](C)(C)CCC(=O)CN. The number of carbonyl (C=O) groups is 1. The molecule has 0 heterocycles. The third kappa shape index (κ3) is 5.97. The van der Waals surface area contributed by atoms with Gasteiger partial charge < -0.3 is 5.73 Å². The van der Waals surface area contributed by atoms with Crippen LogP contribution in [-0.4, -0.2) is 20.4 Å². The van der Waals surface area contributed by atoms with Gasteiger partial charge in [0.2, 0.25) is 0 Å². The van der Waals surface area contributed by atoms with Gasteiger partial charge in [-0.15, -0.1) is 0 Å². The first-order chi connectivity index (χ1) is 4.45. The van der Waals surface area contributed by atoms with E-state index in [1.54, 1.807) is 0 Å². The van der Waals surface area contributed by atoms with E-state index in [2.05, 4.69) is 19.6 Å². The van der Waals surface area contributed by atoms with E-state index >= 15 is 0 Å². The molecule has 0 bridgehead atoms. The van der Waals surface area contributed by atoms with Gasteiger partial charge in [0.15, 0.2) is 0 Å². The van der Waals surface area contributed by atoms with E-state index < -0.39 is 8.07 Å². The van der Waals surface area contributed by atoms with Gasteiger partial charge in [-0.3, -0.25) is 4.79 Å². The molecule has 0 aliphatic carbocycles. The van der Waals surface area contributed by atoms with E-state index in [1.165, 1.54) is 0 Å². The number of rotatable bonds is 4. The summed E-state index contributed by atoms with van der Waals surface area (Å²) < 4.78 is 0. The normalized spacial score (nSPS) is 11.6. The summed E-state index contributed by atoms with van der Waals surface area (Å²) in [7, 11) is -1.01. The lowest BCUT2D eigenvalue weighted by Gasteiger charge is -2.13. The molecule has 0 aromatic rings. The zero-order valence-corrected chi connectivity index (χ0v) is 8.11. The topological polar surface area (TPSA) is 43.1 Å². The Morgan fingerprint density at radius 1 is 1.40 bits per heavy atom. The van der Waals surface area contributed by atoms with Crippen LogP contribution in [0.4, 0.5) is 0 Å². The first-order valence-corrected chi connectivity index (χ1v) is 7.38. The van der Waals surface area contributed by atoms with Crippen LogP contribution < -0.4 is 5.73 Å². The fourth-order valence-corrected chi connectivity index (χ4v) is 1.65. The van der Waals surface area contributed by atoms with E-state index in [0.29, 0.717) is 6.42 Å².